The Hall–Kier alpha value is -2.91. The summed E-state index contributed by atoms with van der Waals surface area (Å²) in [6.07, 6.45) is 3.36. The van der Waals surface area contributed by atoms with Crippen LogP contribution in [0.15, 0.2) is 53.7 Å². The average Bonchev–Trinajstić information content (AvgIpc) is 2.60. The van der Waals surface area contributed by atoms with Gasteiger partial charge >= 0.3 is 0 Å². The SMILES string of the molecule is NS(=O)(=O)c1ccc(CCNC(=O)c2cc3nccnc3cc2F)cc1. The van der Waals surface area contributed by atoms with Gasteiger partial charge in [0.2, 0.25) is 10.0 Å². The lowest BCUT2D eigenvalue weighted by molar-refractivity contribution is 0.0950. The molecule has 3 aromatic rings. The van der Waals surface area contributed by atoms with Crippen LogP contribution < -0.4 is 10.5 Å². The molecule has 0 saturated heterocycles. The minimum absolute atomic E-state index is 0.0182. The van der Waals surface area contributed by atoms with E-state index in [0.29, 0.717) is 17.5 Å². The highest BCUT2D eigenvalue weighted by molar-refractivity contribution is 7.89. The van der Waals surface area contributed by atoms with E-state index in [1.54, 1.807) is 12.1 Å². The zero-order chi connectivity index (χ0) is 18.7. The number of nitrogens with two attached hydrogens (primary N) is 1. The quantitative estimate of drug-likeness (QED) is 0.700. The molecule has 134 valence electrons. The minimum atomic E-state index is -3.73. The average molecular weight is 374 g/mol. The summed E-state index contributed by atoms with van der Waals surface area (Å²) in [6, 6.07) is 8.54. The molecule has 1 aromatic heterocycles. The third-order valence-corrected chi connectivity index (χ3v) is 4.68. The summed E-state index contributed by atoms with van der Waals surface area (Å²) >= 11 is 0. The Morgan fingerprint density at radius 2 is 1.69 bits per heavy atom. The van der Waals surface area contributed by atoms with Gasteiger partial charge in [0.1, 0.15) is 5.82 Å². The zero-order valence-electron chi connectivity index (χ0n) is 13.5. The van der Waals surface area contributed by atoms with Crippen LogP contribution in [-0.4, -0.2) is 30.8 Å². The Morgan fingerprint density at radius 1 is 1.08 bits per heavy atom. The number of benzene rings is 2. The molecule has 0 radical (unpaired) electrons. The number of aromatic nitrogens is 2. The lowest BCUT2D eigenvalue weighted by Crippen LogP contribution is -2.26. The number of halogens is 1. The molecule has 1 amide bonds. The molecular formula is C17H15FN4O3S. The molecule has 0 atom stereocenters. The first kappa shape index (κ1) is 17.9. The number of carbonyl (C=O) groups excluding carboxylic acids is 1. The van der Waals surface area contributed by atoms with E-state index >= 15 is 0 Å². The number of primary sulfonamides is 1. The Morgan fingerprint density at radius 3 is 2.31 bits per heavy atom. The van der Waals surface area contributed by atoms with E-state index in [9.17, 15) is 17.6 Å². The molecule has 3 rings (SSSR count). The number of carbonyl (C=O) groups is 1. The van der Waals surface area contributed by atoms with E-state index in [2.05, 4.69) is 15.3 Å². The monoisotopic (exact) mass is 374 g/mol. The van der Waals surface area contributed by atoms with Crippen LogP contribution in [-0.2, 0) is 16.4 Å². The number of fused-ring (bicyclic) bond motifs is 1. The van der Waals surface area contributed by atoms with Gasteiger partial charge in [0.25, 0.3) is 5.91 Å². The summed E-state index contributed by atoms with van der Waals surface area (Å²) in [6.45, 7) is 0.255. The zero-order valence-corrected chi connectivity index (χ0v) is 14.3. The van der Waals surface area contributed by atoms with Crippen molar-refractivity contribution in [2.45, 2.75) is 11.3 Å². The van der Waals surface area contributed by atoms with E-state index in [1.165, 1.54) is 36.7 Å². The summed E-state index contributed by atoms with van der Waals surface area (Å²) in [7, 11) is -3.73. The maximum Gasteiger partial charge on any atom is 0.254 e. The van der Waals surface area contributed by atoms with E-state index in [4.69, 9.17) is 5.14 Å². The minimum Gasteiger partial charge on any atom is -0.352 e. The molecule has 1 heterocycles. The fourth-order valence-electron chi connectivity index (χ4n) is 2.42. The number of nitrogens with zero attached hydrogens (tertiary/aromatic N) is 2. The molecule has 0 bridgehead atoms. The van der Waals surface area contributed by atoms with Crippen LogP contribution in [0, 0.1) is 5.82 Å². The second-order valence-electron chi connectivity index (χ2n) is 5.57. The van der Waals surface area contributed by atoms with E-state index in [0.717, 1.165) is 5.56 Å². The van der Waals surface area contributed by atoms with Gasteiger partial charge in [-0.05, 0) is 30.2 Å². The summed E-state index contributed by atoms with van der Waals surface area (Å²) in [5.74, 6) is -1.23. The largest absolute Gasteiger partial charge is 0.352 e. The van der Waals surface area contributed by atoms with Gasteiger partial charge in [-0.15, -0.1) is 0 Å². The van der Waals surface area contributed by atoms with Crippen molar-refractivity contribution in [3.8, 4) is 0 Å². The van der Waals surface area contributed by atoms with Crippen molar-refractivity contribution in [2.75, 3.05) is 6.54 Å². The van der Waals surface area contributed by atoms with Gasteiger partial charge in [0.15, 0.2) is 0 Å². The Balaban J connectivity index is 1.65. The highest BCUT2D eigenvalue weighted by atomic mass is 32.2. The number of rotatable bonds is 5. The van der Waals surface area contributed by atoms with Gasteiger partial charge in [-0.3, -0.25) is 14.8 Å². The van der Waals surface area contributed by atoms with Crippen molar-refractivity contribution in [3.05, 3.63) is 65.7 Å². The van der Waals surface area contributed by atoms with Crippen molar-refractivity contribution < 1.29 is 17.6 Å². The van der Waals surface area contributed by atoms with Gasteiger partial charge in [0.05, 0.1) is 21.5 Å². The normalized spacial score (nSPS) is 11.5. The van der Waals surface area contributed by atoms with Crippen molar-refractivity contribution in [1.29, 1.82) is 0 Å². The molecular weight excluding hydrogens is 359 g/mol. The second kappa shape index (κ2) is 7.14. The molecule has 0 fully saturated rings. The lowest BCUT2D eigenvalue weighted by Gasteiger charge is -2.08. The third kappa shape index (κ3) is 4.01. The first-order valence-corrected chi connectivity index (χ1v) is 9.19. The molecule has 0 spiro atoms. The van der Waals surface area contributed by atoms with Crippen LogP contribution in [0.25, 0.3) is 11.0 Å². The van der Waals surface area contributed by atoms with Gasteiger partial charge < -0.3 is 5.32 Å². The molecule has 7 nitrogen and oxygen atoms in total. The first-order chi connectivity index (χ1) is 12.3. The van der Waals surface area contributed by atoms with Crippen molar-refractivity contribution >= 4 is 27.0 Å². The van der Waals surface area contributed by atoms with Gasteiger partial charge in [-0.25, -0.2) is 17.9 Å². The lowest BCUT2D eigenvalue weighted by atomic mass is 10.1. The predicted molar refractivity (Wildman–Crippen MR) is 93.3 cm³/mol. The Kier molecular flexibility index (Phi) is 4.92. The number of amides is 1. The number of hydrogen-bond donors (Lipinski definition) is 2. The van der Waals surface area contributed by atoms with Crippen LogP contribution in [0.4, 0.5) is 4.39 Å². The molecule has 9 heteroatoms. The molecule has 3 N–H and O–H groups in total. The second-order valence-corrected chi connectivity index (χ2v) is 7.13. The fourth-order valence-corrected chi connectivity index (χ4v) is 2.94. The fraction of sp³-hybridized carbons (Fsp3) is 0.118. The molecule has 0 aliphatic rings. The van der Waals surface area contributed by atoms with Gasteiger partial charge in [-0.1, -0.05) is 12.1 Å². The molecule has 2 aromatic carbocycles. The van der Waals surface area contributed by atoms with Crippen LogP contribution in [0.3, 0.4) is 0 Å². The molecule has 0 aliphatic carbocycles. The first-order valence-electron chi connectivity index (χ1n) is 7.65. The number of sulfonamides is 1. The molecule has 0 aliphatic heterocycles. The van der Waals surface area contributed by atoms with E-state index in [1.807, 2.05) is 0 Å². The summed E-state index contributed by atoms with van der Waals surface area (Å²) in [4.78, 5) is 20.2. The predicted octanol–water partition coefficient (Wildman–Crippen LogP) is 1.39. The summed E-state index contributed by atoms with van der Waals surface area (Å²) in [5, 5.41) is 7.66. The van der Waals surface area contributed by atoms with Crippen molar-refractivity contribution in [1.82, 2.24) is 15.3 Å². The molecule has 0 unspecified atom stereocenters. The summed E-state index contributed by atoms with van der Waals surface area (Å²) in [5.41, 5.74) is 1.50. The van der Waals surface area contributed by atoms with Crippen LogP contribution in [0.1, 0.15) is 15.9 Å². The standard InChI is InChI=1S/C17H15FN4O3S/c18-14-10-16-15(20-7-8-21-16)9-13(14)17(23)22-6-5-11-1-3-12(4-2-11)26(19,24)25/h1-4,7-10H,5-6H2,(H,22,23)(H2,19,24,25). The number of nitrogens with one attached hydrogen (secondary N) is 1. The third-order valence-electron chi connectivity index (χ3n) is 3.75. The maximum absolute atomic E-state index is 14.1. The topological polar surface area (TPSA) is 115 Å². The highest BCUT2D eigenvalue weighted by Crippen LogP contribution is 2.15. The van der Waals surface area contributed by atoms with Crippen molar-refractivity contribution in [2.24, 2.45) is 5.14 Å². The van der Waals surface area contributed by atoms with Crippen molar-refractivity contribution in [3.63, 3.8) is 0 Å². The Labute approximate surface area is 149 Å². The maximum atomic E-state index is 14.1. The number of hydrogen-bond acceptors (Lipinski definition) is 5. The highest BCUT2D eigenvalue weighted by Gasteiger charge is 2.14. The van der Waals surface area contributed by atoms with Gasteiger partial charge in [-0.2, -0.15) is 0 Å². The van der Waals surface area contributed by atoms with Crippen LogP contribution in [0.5, 0.6) is 0 Å². The van der Waals surface area contributed by atoms with Crippen LogP contribution in [0.2, 0.25) is 0 Å². The van der Waals surface area contributed by atoms with Gasteiger partial charge in [0, 0.05) is 25.0 Å². The molecule has 26 heavy (non-hydrogen) atoms. The van der Waals surface area contributed by atoms with E-state index in [-0.39, 0.29) is 17.0 Å². The summed E-state index contributed by atoms with van der Waals surface area (Å²) < 4.78 is 36.5. The van der Waals surface area contributed by atoms with E-state index < -0.39 is 21.7 Å². The Bertz CT molecular complexity index is 1070. The molecule has 0 saturated carbocycles. The smallest absolute Gasteiger partial charge is 0.254 e. The van der Waals surface area contributed by atoms with Crippen LogP contribution >= 0.6 is 0 Å².